The second kappa shape index (κ2) is 6.84. The summed E-state index contributed by atoms with van der Waals surface area (Å²) in [6.07, 6.45) is -0.647. The average Bonchev–Trinajstić information content (AvgIpc) is 2.62. The van der Waals surface area contributed by atoms with Crippen molar-refractivity contribution in [1.82, 2.24) is 0 Å². The van der Waals surface area contributed by atoms with Crippen LogP contribution in [0.25, 0.3) is 10.8 Å². The van der Waals surface area contributed by atoms with Crippen molar-refractivity contribution < 1.29 is 9.53 Å². The fourth-order valence-electron chi connectivity index (χ4n) is 2.41. The van der Waals surface area contributed by atoms with E-state index in [1.165, 1.54) is 0 Å². The number of nitrogens with one attached hydrogen (secondary N) is 1. The largest absolute Gasteiger partial charge is 0.480 e. The molecule has 0 saturated carbocycles. The minimum atomic E-state index is -0.647. The molecule has 0 saturated heterocycles. The van der Waals surface area contributed by atoms with Crippen molar-refractivity contribution in [2.75, 3.05) is 5.32 Å². The zero-order valence-corrected chi connectivity index (χ0v) is 13.2. The molecule has 0 spiro atoms. The second-order valence-corrected chi connectivity index (χ2v) is 5.42. The summed E-state index contributed by atoms with van der Waals surface area (Å²) in [5.74, 6) is 0.434. The van der Waals surface area contributed by atoms with Crippen LogP contribution in [0.15, 0.2) is 66.7 Å². The highest BCUT2D eigenvalue weighted by molar-refractivity contribution is 5.95. The molecule has 3 rings (SSSR count). The van der Waals surface area contributed by atoms with E-state index in [-0.39, 0.29) is 5.91 Å². The lowest BCUT2D eigenvalue weighted by Crippen LogP contribution is -2.30. The first-order chi connectivity index (χ1) is 11.7. The number of benzene rings is 3. The van der Waals surface area contributed by atoms with Crippen molar-refractivity contribution >= 4 is 22.4 Å². The van der Waals surface area contributed by atoms with Crippen LogP contribution in [0.2, 0.25) is 0 Å². The van der Waals surface area contributed by atoms with Gasteiger partial charge in [-0.3, -0.25) is 4.79 Å². The van der Waals surface area contributed by atoms with E-state index in [0.29, 0.717) is 17.0 Å². The number of anilines is 1. The number of nitrogens with zero attached hydrogens (tertiary/aromatic N) is 1. The molecule has 0 aromatic heterocycles. The smallest absolute Gasteiger partial charge is 0.265 e. The summed E-state index contributed by atoms with van der Waals surface area (Å²) in [7, 11) is 0. The maximum atomic E-state index is 12.3. The number of amides is 1. The maximum absolute atomic E-state index is 12.3. The monoisotopic (exact) mass is 316 g/mol. The van der Waals surface area contributed by atoms with Crippen LogP contribution in [0, 0.1) is 11.3 Å². The number of fused-ring (bicyclic) bond motifs is 1. The molecular formula is C20H16N2O2. The highest BCUT2D eigenvalue weighted by Gasteiger charge is 2.16. The Balaban J connectivity index is 1.72. The molecule has 0 fully saturated rings. The van der Waals surface area contributed by atoms with E-state index >= 15 is 0 Å². The number of hydrogen-bond donors (Lipinski definition) is 1. The standard InChI is InChI=1S/C20H16N2O2/c1-14(20(23)22-17-11-9-15(13-21)10-12-17)24-19-8-4-6-16-5-2-3-7-18(16)19/h2-12,14H,1H3,(H,22,23). The first-order valence-electron chi connectivity index (χ1n) is 7.63. The SMILES string of the molecule is CC(Oc1cccc2ccccc12)C(=O)Nc1ccc(C#N)cc1. The summed E-state index contributed by atoms with van der Waals surface area (Å²) < 4.78 is 5.84. The van der Waals surface area contributed by atoms with Crippen molar-refractivity contribution in [3.05, 3.63) is 72.3 Å². The van der Waals surface area contributed by atoms with Crippen molar-refractivity contribution in [3.63, 3.8) is 0 Å². The lowest BCUT2D eigenvalue weighted by atomic mass is 10.1. The molecule has 1 amide bonds. The second-order valence-electron chi connectivity index (χ2n) is 5.42. The summed E-state index contributed by atoms with van der Waals surface area (Å²) in [6, 6.07) is 22.4. The number of carbonyl (C=O) groups is 1. The predicted octanol–water partition coefficient (Wildman–Crippen LogP) is 4.12. The normalized spacial score (nSPS) is 11.5. The van der Waals surface area contributed by atoms with Crippen molar-refractivity contribution in [2.45, 2.75) is 13.0 Å². The number of nitriles is 1. The number of carbonyl (C=O) groups excluding carboxylic acids is 1. The fraction of sp³-hybridized carbons (Fsp3) is 0.100. The third kappa shape index (κ3) is 3.36. The molecular weight excluding hydrogens is 300 g/mol. The van der Waals surface area contributed by atoms with Gasteiger partial charge in [-0.05, 0) is 42.6 Å². The van der Waals surface area contributed by atoms with Gasteiger partial charge >= 0.3 is 0 Å². The van der Waals surface area contributed by atoms with Crippen LogP contribution >= 0.6 is 0 Å². The minimum absolute atomic E-state index is 0.243. The molecule has 4 nitrogen and oxygen atoms in total. The summed E-state index contributed by atoms with van der Waals surface area (Å²) >= 11 is 0. The predicted molar refractivity (Wildman–Crippen MR) is 93.8 cm³/mol. The molecule has 1 N–H and O–H groups in total. The zero-order chi connectivity index (χ0) is 16.9. The first-order valence-corrected chi connectivity index (χ1v) is 7.63. The molecule has 0 aliphatic carbocycles. The van der Waals surface area contributed by atoms with Crippen LogP contribution in [-0.4, -0.2) is 12.0 Å². The summed E-state index contributed by atoms with van der Waals surface area (Å²) in [6.45, 7) is 1.71. The Bertz CT molecular complexity index is 906. The molecule has 0 radical (unpaired) electrons. The topological polar surface area (TPSA) is 62.1 Å². The Morgan fingerprint density at radius 3 is 2.50 bits per heavy atom. The molecule has 3 aromatic carbocycles. The molecule has 0 aliphatic heterocycles. The van der Waals surface area contributed by atoms with Crippen molar-refractivity contribution in [3.8, 4) is 11.8 Å². The van der Waals surface area contributed by atoms with E-state index in [0.717, 1.165) is 10.8 Å². The van der Waals surface area contributed by atoms with Crippen LogP contribution in [0.5, 0.6) is 5.75 Å². The molecule has 1 atom stereocenters. The first kappa shape index (κ1) is 15.6. The molecule has 4 heteroatoms. The van der Waals surface area contributed by atoms with E-state index in [1.54, 1.807) is 31.2 Å². The van der Waals surface area contributed by atoms with E-state index in [2.05, 4.69) is 5.32 Å². The molecule has 0 heterocycles. The van der Waals surface area contributed by atoms with Gasteiger partial charge in [0.15, 0.2) is 6.10 Å². The van der Waals surface area contributed by atoms with E-state index in [4.69, 9.17) is 10.00 Å². The van der Waals surface area contributed by atoms with Crippen LogP contribution in [0.3, 0.4) is 0 Å². The lowest BCUT2D eigenvalue weighted by Gasteiger charge is -2.16. The zero-order valence-electron chi connectivity index (χ0n) is 13.2. The van der Waals surface area contributed by atoms with Gasteiger partial charge in [0.05, 0.1) is 11.6 Å². The Labute approximate surface area is 140 Å². The number of hydrogen-bond acceptors (Lipinski definition) is 3. The van der Waals surface area contributed by atoms with Gasteiger partial charge in [-0.25, -0.2) is 0 Å². The van der Waals surface area contributed by atoms with Crippen molar-refractivity contribution in [2.24, 2.45) is 0 Å². The molecule has 1 unspecified atom stereocenters. The van der Waals surface area contributed by atoms with Crippen LogP contribution < -0.4 is 10.1 Å². The van der Waals surface area contributed by atoms with Crippen molar-refractivity contribution in [1.29, 1.82) is 5.26 Å². The van der Waals surface area contributed by atoms with Crippen LogP contribution in [-0.2, 0) is 4.79 Å². The van der Waals surface area contributed by atoms with Crippen LogP contribution in [0.4, 0.5) is 5.69 Å². The maximum Gasteiger partial charge on any atom is 0.265 e. The third-order valence-electron chi connectivity index (χ3n) is 3.70. The summed E-state index contributed by atoms with van der Waals surface area (Å²) in [5.41, 5.74) is 1.18. The van der Waals surface area contributed by atoms with Gasteiger partial charge in [0.1, 0.15) is 5.75 Å². The highest BCUT2D eigenvalue weighted by Crippen LogP contribution is 2.26. The molecule has 24 heavy (non-hydrogen) atoms. The van der Waals surface area contributed by atoms with Gasteiger partial charge in [0, 0.05) is 11.1 Å². The summed E-state index contributed by atoms with van der Waals surface area (Å²) in [5, 5.41) is 13.6. The average molecular weight is 316 g/mol. The number of ether oxygens (including phenoxy) is 1. The lowest BCUT2D eigenvalue weighted by molar-refractivity contribution is -0.122. The van der Waals surface area contributed by atoms with Gasteiger partial charge in [-0.1, -0.05) is 36.4 Å². The van der Waals surface area contributed by atoms with E-state index < -0.39 is 6.10 Å². The van der Waals surface area contributed by atoms with Gasteiger partial charge < -0.3 is 10.1 Å². The molecule has 3 aromatic rings. The minimum Gasteiger partial charge on any atom is -0.480 e. The Kier molecular flexibility index (Phi) is 4.44. The Morgan fingerprint density at radius 1 is 1.04 bits per heavy atom. The Morgan fingerprint density at radius 2 is 1.75 bits per heavy atom. The molecule has 0 aliphatic rings. The number of rotatable bonds is 4. The quantitative estimate of drug-likeness (QED) is 0.787. The van der Waals surface area contributed by atoms with Gasteiger partial charge in [-0.15, -0.1) is 0 Å². The summed E-state index contributed by atoms with van der Waals surface area (Å²) in [4.78, 5) is 12.3. The van der Waals surface area contributed by atoms with Gasteiger partial charge in [-0.2, -0.15) is 5.26 Å². The van der Waals surface area contributed by atoms with Gasteiger partial charge in [0.2, 0.25) is 0 Å². The van der Waals surface area contributed by atoms with E-state index in [9.17, 15) is 4.79 Å². The molecule has 0 bridgehead atoms. The molecule has 118 valence electrons. The highest BCUT2D eigenvalue weighted by atomic mass is 16.5. The van der Waals surface area contributed by atoms with Gasteiger partial charge in [0.25, 0.3) is 5.91 Å². The Hall–Kier alpha value is -3.32. The fourth-order valence-corrected chi connectivity index (χ4v) is 2.41. The third-order valence-corrected chi connectivity index (χ3v) is 3.70. The van der Waals surface area contributed by atoms with Crippen LogP contribution in [0.1, 0.15) is 12.5 Å². The van der Waals surface area contributed by atoms with E-state index in [1.807, 2.05) is 48.5 Å².